The van der Waals surface area contributed by atoms with E-state index in [0.29, 0.717) is 6.42 Å². The van der Waals surface area contributed by atoms with Crippen molar-refractivity contribution in [2.75, 3.05) is 6.54 Å². The summed E-state index contributed by atoms with van der Waals surface area (Å²) in [5.74, 6) is 0. The van der Waals surface area contributed by atoms with Gasteiger partial charge in [-0.25, -0.2) is 13.2 Å². The van der Waals surface area contributed by atoms with Crippen LogP contribution in [-0.2, 0) is 27.8 Å². The molecule has 3 aromatic rings. The van der Waals surface area contributed by atoms with Gasteiger partial charge in [0.2, 0.25) is 10.0 Å². The average Bonchev–Trinajstić information content (AvgIpc) is 2.96. The SMILES string of the molecule is O=C(N[C@@H](Cc1ccccc1)[C@H](O)CN(C1CCCCC1)S(=O)(=O)c1ccccc1)OCc1ccccc1. The van der Waals surface area contributed by atoms with Crippen molar-refractivity contribution in [1.29, 1.82) is 0 Å². The summed E-state index contributed by atoms with van der Waals surface area (Å²) in [5.41, 5.74) is 1.76. The predicted octanol–water partition coefficient (Wildman–Crippen LogP) is 4.91. The molecule has 2 atom stereocenters. The van der Waals surface area contributed by atoms with Crippen LogP contribution in [0.3, 0.4) is 0 Å². The Balaban J connectivity index is 1.53. The Morgan fingerprint density at radius 2 is 1.42 bits per heavy atom. The fourth-order valence-electron chi connectivity index (χ4n) is 4.92. The van der Waals surface area contributed by atoms with Gasteiger partial charge in [0.1, 0.15) is 6.61 Å². The lowest BCUT2D eigenvalue weighted by atomic mass is 9.95. The van der Waals surface area contributed by atoms with Crippen LogP contribution in [0.25, 0.3) is 0 Å². The predicted molar refractivity (Wildman–Crippen MR) is 147 cm³/mol. The van der Waals surface area contributed by atoms with Crippen LogP contribution in [0.4, 0.5) is 4.79 Å². The molecule has 0 aromatic heterocycles. The number of carbonyl (C=O) groups excluding carboxylic acids is 1. The first kappa shape index (κ1) is 27.8. The second-order valence-electron chi connectivity index (χ2n) is 9.75. The van der Waals surface area contributed by atoms with Gasteiger partial charge in [0, 0.05) is 12.6 Å². The van der Waals surface area contributed by atoms with Crippen molar-refractivity contribution in [1.82, 2.24) is 9.62 Å². The third-order valence-corrected chi connectivity index (χ3v) is 8.91. The van der Waals surface area contributed by atoms with Crippen LogP contribution < -0.4 is 5.32 Å². The van der Waals surface area contributed by atoms with Crippen molar-refractivity contribution in [2.45, 2.75) is 68.2 Å². The summed E-state index contributed by atoms with van der Waals surface area (Å²) in [5, 5.41) is 14.2. The highest BCUT2D eigenvalue weighted by Gasteiger charge is 2.36. The third-order valence-electron chi connectivity index (χ3n) is 6.98. The van der Waals surface area contributed by atoms with E-state index in [1.807, 2.05) is 60.7 Å². The maximum absolute atomic E-state index is 13.7. The molecule has 38 heavy (non-hydrogen) atoms. The molecule has 4 rings (SSSR count). The second-order valence-corrected chi connectivity index (χ2v) is 11.6. The number of hydrogen-bond donors (Lipinski definition) is 2. The highest BCUT2D eigenvalue weighted by Crippen LogP contribution is 2.28. The van der Waals surface area contributed by atoms with Crippen molar-refractivity contribution in [3.63, 3.8) is 0 Å². The Bertz CT molecular complexity index is 1230. The van der Waals surface area contributed by atoms with Gasteiger partial charge in [0.15, 0.2) is 0 Å². The summed E-state index contributed by atoms with van der Waals surface area (Å²) in [6, 6.07) is 26.2. The quantitative estimate of drug-likeness (QED) is 0.363. The van der Waals surface area contributed by atoms with E-state index >= 15 is 0 Å². The molecule has 1 aliphatic carbocycles. The number of alkyl carbamates (subject to hydrolysis) is 1. The van der Waals surface area contributed by atoms with Gasteiger partial charge in [-0.05, 0) is 42.5 Å². The van der Waals surface area contributed by atoms with E-state index in [0.717, 1.165) is 43.2 Å². The molecule has 1 amide bonds. The first-order chi connectivity index (χ1) is 18.4. The molecule has 1 saturated carbocycles. The van der Waals surface area contributed by atoms with E-state index < -0.39 is 28.3 Å². The number of hydrogen-bond acceptors (Lipinski definition) is 5. The molecular formula is C30H36N2O5S. The number of nitrogens with zero attached hydrogens (tertiary/aromatic N) is 1. The number of rotatable bonds is 11. The van der Waals surface area contributed by atoms with Crippen molar-refractivity contribution in [3.8, 4) is 0 Å². The summed E-state index contributed by atoms with van der Waals surface area (Å²) in [6.07, 6.45) is 2.96. The molecule has 0 aliphatic heterocycles. The molecular weight excluding hydrogens is 500 g/mol. The summed E-state index contributed by atoms with van der Waals surface area (Å²) < 4.78 is 34.3. The molecule has 1 fully saturated rings. The second kappa shape index (κ2) is 13.6. The zero-order valence-corrected chi connectivity index (χ0v) is 22.3. The molecule has 1 aliphatic rings. The highest BCUT2D eigenvalue weighted by molar-refractivity contribution is 7.89. The van der Waals surface area contributed by atoms with Crippen LogP contribution in [0.2, 0.25) is 0 Å². The first-order valence-electron chi connectivity index (χ1n) is 13.2. The number of aliphatic hydroxyl groups is 1. The van der Waals surface area contributed by atoms with Crippen molar-refractivity contribution in [2.24, 2.45) is 0 Å². The van der Waals surface area contributed by atoms with Crippen molar-refractivity contribution < 1.29 is 23.1 Å². The molecule has 202 valence electrons. The summed E-state index contributed by atoms with van der Waals surface area (Å²) in [7, 11) is -3.85. The Labute approximate surface area is 225 Å². The summed E-state index contributed by atoms with van der Waals surface area (Å²) >= 11 is 0. The van der Waals surface area contributed by atoms with Gasteiger partial charge in [-0.3, -0.25) is 0 Å². The van der Waals surface area contributed by atoms with E-state index in [4.69, 9.17) is 4.74 Å². The molecule has 3 aromatic carbocycles. The molecule has 0 saturated heterocycles. The first-order valence-corrected chi connectivity index (χ1v) is 14.6. The smallest absolute Gasteiger partial charge is 0.407 e. The van der Waals surface area contributed by atoms with Gasteiger partial charge >= 0.3 is 6.09 Å². The van der Waals surface area contributed by atoms with Crippen LogP contribution in [0.15, 0.2) is 95.9 Å². The lowest BCUT2D eigenvalue weighted by Crippen LogP contribution is -2.53. The highest BCUT2D eigenvalue weighted by atomic mass is 32.2. The minimum Gasteiger partial charge on any atom is -0.445 e. The average molecular weight is 537 g/mol. The van der Waals surface area contributed by atoms with Gasteiger partial charge in [0.25, 0.3) is 0 Å². The monoisotopic (exact) mass is 536 g/mol. The number of nitrogens with one attached hydrogen (secondary N) is 1. The van der Waals surface area contributed by atoms with Gasteiger partial charge < -0.3 is 15.2 Å². The number of sulfonamides is 1. The van der Waals surface area contributed by atoms with Crippen LogP contribution in [0, 0.1) is 0 Å². The minimum absolute atomic E-state index is 0.0947. The number of benzene rings is 3. The molecule has 0 unspecified atom stereocenters. The fraction of sp³-hybridized carbons (Fsp3) is 0.367. The summed E-state index contributed by atoms with van der Waals surface area (Å²) in [6.45, 7) is -0.0320. The Morgan fingerprint density at radius 3 is 2.03 bits per heavy atom. The molecule has 8 heteroatoms. The normalized spacial score (nSPS) is 16.1. The number of carbonyl (C=O) groups is 1. The number of amides is 1. The Morgan fingerprint density at radius 1 is 0.868 bits per heavy atom. The number of aliphatic hydroxyl groups excluding tert-OH is 1. The van der Waals surface area contributed by atoms with E-state index in [1.54, 1.807) is 30.3 Å². The van der Waals surface area contributed by atoms with E-state index in [2.05, 4.69) is 5.32 Å². The number of ether oxygens (including phenoxy) is 1. The van der Waals surface area contributed by atoms with Crippen molar-refractivity contribution in [3.05, 3.63) is 102 Å². The molecule has 0 spiro atoms. The van der Waals surface area contributed by atoms with Gasteiger partial charge in [0.05, 0.1) is 17.0 Å². The zero-order chi connectivity index (χ0) is 26.8. The van der Waals surface area contributed by atoms with E-state index in [1.165, 1.54) is 4.31 Å². The molecule has 7 nitrogen and oxygen atoms in total. The largest absolute Gasteiger partial charge is 0.445 e. The standard InChI is InChI=1S/C30H36N2O5S/c33-29(22-32(26-17-9-3-10-18-26)38(35,36)27-19-11-4-12-20-27)28(21-24-13-5-1-6-14-24)31-30(34)37-23-25-15-7-2-8-16-25/h1-2,4-8,11-16,19-20,26,28-29,33H,3,9-10,17-18,21-23H2,(H,31,34)/t28-,29+/m0/s1. The topological polar surface area (TPSA) is 95.9 Å². The van der Waals surface area contributed by atoms with Gasteiger partial charge in [-0.2, -0.15) is 4.31 Å². The molecule has 2 N–H and O–H groups in total. The maximum atomic E-state index is 13.7. The Hall–Kier alpha value is -3.20. The fourth-order valence-corrected chi connectivity index (χ4v) is 6.64. The van der Waals surface area contributed by atoms with Crippen molar-refractivity contribution >= 4 is 16.1 Å². The lowest BCUT2D eigenvalue weighted by molar-refractivity contribution is 0.0783. The van der Waals surface area contributed by atoms with Crippen LogP contribution in [0.1, 0.15) is 43.2 Å². The molecule has 0 radical (unpaired) electrons. The van der Waals surface area contributed by atoms with Crippen LogP contribution in [0.5, 0.6) is 0 Å². The lowest BCUT2D eigenvalue weighted by Gasteiger charge is -2.36. The van der Waals surface area contributed by atoms with E-state index in [-0.39, 0.29) is 24.1 Å². The maximum Gasteiger partial charge on any atom is 0.407 e. The van der Waals surface area contributed by atoms with Gasteiger partial charge in [-0.1, -0.05) is 98.1 Å². The van der Waals surface area contributed by atoms with Gasteiger partial charge in [-0.15, -0.1) is 0 Å². The minimum atomic E-state index is -3.85. The third kappa shape index (κ3) is 7.66. The Kier molecular flexibility index (Phi) is 9.92. The zero-order valence-electron chi connectivity index (χ0n) is 21.5. The molecule has 0 heterocycles. The van der Waals surface area contributed by atoms with Crippen LogP contribution in [-0.4, -0.2) is 48.7 Å². The van der Waals surface area contributed by atoms with Crippen LogP contribution >= 0.6 is 0 Å². The van der Waals surface area contributed by atoms with E-state index in [9.17, 15) is 18.3 Å². The summed E-state index contributed by atoms with van der Waals surface area (Å²) in [4.78, 5) is 13.0. The molecule has 0 bridgehead atoms.